The van der Waals surface area contributed by atoms with E-state index >= 15 is 0 Å². The number of rotatable bonds is 7. The lowest BCUT2D eigenvalue weighted by molar-refractivity contribution is 0.0694. The minimum absolute atomic E-state index is 0.0990. The molecule has 0 fully saturated rings. The third-order valence-electron chi connectivity index (χ3n) is 5.39. The number of anilines is 1. The predicted molar refractivity (Wildman–Crippen MR) is 110 cm³/mol. The number of halogens is 3. The molecule has 164 valence electrons. The molecule has 1 heterocycles. The van der Waals surface area contributed by atoms with Crippen molar-refractivity contribution in [1.29, 1.82) is 0 Å². The highest BCUT2D eigenvalue weighted by Crippen LogP contribution is 2.25. The van der Waals surface area contributed by atoms with Crippen LogP contribution in [-0.2, 0) is 6.54 Å². The molecule has 3 aromatic rings. The van der Waals surface area contributed by atoms with Gasteiger partial charge in [-0.05, 0) is 31.0 Å². The second-order valence-corrected chi connectivity index (χ2v) is 7.42. The Bertz CT molecular complexity index is 1190. The maximum atomic E-state index is 13.9. The van der Waals surface area contributed by atoms with Crippen molar-refractivity contribution in [1.82, 2.24) is 4.57 Å². The van der Waals surface area contributed by atoms with Crippen LogP contribution in [0.3, 0.4) is 0 Å². The van der Waals surface area contributed by atoms with E-state index in [1.165, 1.54) is 12.3 Å². The zero-order chi connectivity index (χ0) is 22.9. The topological polar surface area (TPSA) is 91.6 Å². The van der Waals surface area contributed by atoms with E-state index < -0.39 is 34.4 Å². The fourth-order valence-electron chi connectivity index (χ4n) is 3.31. The molecule has 2 aromatic carbocycles. The summed E-state index contributed by atoms with van der Waals surface area (Å²) in [5.74, 6) is -4.73. The van der Waals surface area contributed by atoms with Crippen molar-refractivity contribution in [3.8, 4) is 0 Å². The number of carbonyl (C=O) groups is 1. The Kier molecular flexibility index (Phi) is 6.35. The summed E-state index contributed by atoms with van der Waals surface area (Å²) in [6, 6.07) is 5.39. The third-order valence-corrected chi connectivity index (χ3v) is 5.39. The maximum Gasteiger partial charge on any atom is 0.341 e. The SMILES string of the molecule is CC(CO)C(C)n1cc(C(=O)O)c(=O)c2cc(NCc3c(F)cc(F)cc3F)ccc21. The summed E-state index contributed by atoms with van der Waals surface area (Å²) < 4.78 is 42.4. The number of aromatic carboxylic acids is 1. The molecule has 31 heavy (non-hydrogen) atoms. The second-order valence-electron chi connectivity index (χ2n) is 7.42. The van der Waals surface area contributed by atoms with Gasteiger partial charge < -0.3 is 20.1 Å². The minimum Gasteiger partial charge on any atom is -0.477 e. The maximum absolute atomic E-state index is 13.9. The van der Waals surface area contributed by atoms with Crippen molar-refractivity contribution in [2.75, 3.05) is 11.9 Å². The summed E-state index contributed by atoms with van der Waals surface area (Å²) >= 11 is 0. The van der Waals surface area contributed by atoms with Crippen molar-refractivity contribution in [2.45, 2.75) is 26.4 Å². The number of nitrogens with one attached hydrogen (secondary N) is 1. The van der Waals surface area contributed by atoms with Crippen LogP contribution in [0.15, 0.2) is 41.3 Å². The van der Waals surface area contributed by atoms with Gasteiger partial charge in [0.1, 0.15) is 23.0 Å². The third kappa shape index (κ3) is 4.41. The number of carboxylic acids is 1. The van der Waals surface area contributed by atoms with Gasteiger partial charge in [0.2, 0.25) is 5.43 Å². The fraction of sp³-hybridized carbons (Fsp3) is 0.273. The Morgan fingerprint density at radius 1 is 1.13 bits per heavy atom. The number of aliphatic hydroxyl groups is 1. The number of hydrogen-bond donors (Lipinski definition) is 3. The summed E-state index contributed by atoms with van der Waals surface area (Å²) in [5.41, 5.74) is -0.733. The lowest BCUT2D eigenvalue weighted by atomic mass is 10.0. The van der Waals surface area contributed by atoms with Crippen molar-refractivity contribution in [2.24, 2.45) is 5.92 Å². The molecule has 1 aromatic heterocycles. The van der Waals surface area contributed by atoms with E-state index in [-0.39, 0.29) is 36.1 Å². The van der Waals surface area contributed by atoms with Gasteiger partial charge in [0.15, 0.2) is 0 Å². The van der Waals surface area contributed by atoms with Gasteiger partial charge in [-0.1, -0.05) is 6.92 Å². The monoisotopic (exact) mass is 434 g/mol. The van der Waals surface area contributed by atoms with Crippen LogP contribution in [-0.4, -0.2) is 27.4 Å². The van der Waals surface area contributed by atoms with Gasteiger partial charge in [0.05, 0.1) is 5.52 Å². The Balaban J connectivity index is 2.06. The van der Waals surface area contributed by atoms with Crippen molar-refractivity contribution in [3.05, 3.63) is 75.3 Å². The number of carboxylic acid groups (broad SMARTS) is 1. The van der Waals surface area contributed by atoms with Crippen LogP contribution in [0.5, 0.6) is 0 Å². The van der Waals surface area contributed by atoms with E-state index in [1.54, 1.807) is 30.5 Å². The molecule has 0 saturated heterocycles. The van der Waals surface area contributed by atoms with Crippen LogP contribution < -0.4 is 10.7 Å². The van der Waals surface area contributed by atoms with Crippen molar-refractivity contribution < 1.29 is 28.2 Å². The van der Waals surface area contributed by atoms with Gasteiger partial charge in [-0.15, -0.1) is 0 Å². The quantitative estimate of drug-likeness (QED) is 0.524. The zero-order valence-electron chi connectivity index (χ0n) is 16.8. The molecule has 0 spiro atoms. The first-order valence-electron chi connectivity index (χ1n) is 9.54. The average Bonchev–Trinajstić information content (AvgIpc) is 2.72. The number of nitrogens with zero attached hydrogens (tertiary/aromatic N) is 1. The van der Waals surface area contributed by atoms with Crippen LogP contribution in [0.1, 0.15) is 35.8 Å². The first-order valence-corrected chi connectivity index (χ1v) is 9.54. The lowest BCUT2D eigenvalue weighted by Crippen LogP contribution is -2.24. The molecule has 6 nitrogen and oxygen atoms in total. The number of pyridine rings is 1. The molecule has 3 rings (SSSR count). The van der Waals surface area contributed by atoms with Gasteiger partial charge >= 0.3 is 5.97 Å². The molecule has 0 aliphatic rings. The number of aliphatic hydroxyl groups excluding tert-OH is 1. The first kappa shape index (κ1) is 22.4. The summed E-state index contributed by atoms with van der Waals surface area (Å²) in [4.78, 5) is 24.3. The molecule has 9 heteroatoms. The highest BCUT2D eigenvalue weighted by Gasteiger charge is 2.20. The number of hydrogen-bond acceptors (Lipinski definition) is 4. The molecule has 0 amide bonds. The van der Waals surface area contributed by atoms with Crippen LogP contribution in [0.25, 0.3) is 10.9 Å². The largest absolute Gasteiger partial charge is 0.477 e. The van der Waals surface area contributed by atoms with Crippen molar-refractivity contribution in [3.63, 3.8) is 0 Å². The van der Waals surface area contributed by atoms with Crippen LogP contribution in [0.2, 0.25) is 0 Å². The second kappa shape index (κ2) is 8.81. The van der Waals surface area contributed by atoms with E-state index in [9.17, 15) is 33.0 Å². The summed E-state index contributed by atoms with van der Waals surface area (Å²) in [5, 5.41) is 21.8. The zero-order valence-corrected chi connectivity index (χ0v) is 16.8. The predicted octanol–water partition coefficient (Wildman–Crippen LogP) is 3.92. The fourth-order valence-corrected chi connectivity index (χ4v) is 3.31. The first-order chi connectivity index (χ1) is 14.6. The Labute approximate surface area is 175 Å². The molecule has 2 atom stereocenters. The summed E-state index contributed by atoms with van der Waals surface area (Å²) in [7, 11) is 0. The standard InChI is InChI=1S/C22H21F3N2O4/c1-11(10-28)12(2)27-9-17(22(30)31)21(29)15-7-14(3-4-20(15)27)26-8-16-18(24)5-13(23)6-19(16)25/h3-7,9,11-12,26,28H,8,10H2,1-2H3,(H,30,31). The van der Waals surface area contributed by atoms with E-state index in [4.69, 9.17) is 0 Å². The Morgan fingerprint density at radius 3 is 2.35 bits per heavy atom. The van der Waals surface area contributed by atoms with Gasteiger partial charge in [0.25, 0.3) is 0 Å². The van der Waals surface area contributed by atoms with Crippen LogP contribution in [0.4, 0.5) is 18.9 Å². The molecule has 0 bridgehead atoms. The van der Waals surface area contributed by atoms with E-state index in [0.29, 0.717) is 23.3 Å². The Morgan fingerprint density at radius 2 is 1.77 bits per heavy atom. The molecule has 0 saturated carbocycles. The highest BCUT2D eigenvalue weighted by atomic mass is 19.1. The van der Waals surface area contributed by atoms with Gasteiger partial charge in [0, 0.05) is 54.2 Å². The number of fused-ring (bicyclic) bond motifs is 1. The lowest BCUT2D eigenvalue weighted by Gasteiger charge is -2.24. The van der Waals surface area contributed by atoms with Gasteiger partial charge in [-0.25, -0.2) is 18.0 Å². The van der Waals surface area contributed by atoms with Gasteiger partial charge in [-0.3, -0.25) is 4.79 Å². The van der Waals surface area contributed by atoms with Crippen LogP contribution >= 0.6 is 0 Å². The van der Waals surface area contributed by atoms with E-state index in [2.05, 4.69) is 5.32 Å². The molecule has 0 aliphatic heterocycles. The van der Waals surface area contributed by atoms with E-state index in [0.717, 1.165) is 0 Å². The normalized spacial score (nSPS) is 13.2. The Hall–Kier alpha value is -3.33. The van der Waals surface area contributed by atoms with Crippen LogP contribution in [0, 0.1) is 23.4 Å². The van der Waals surface area contributed by atoms with Crippen molar-refractivity contribution >= 4 is 22.6 Å². The molecule has 2 unspecified atom stereocenters. The minimum atomic E-state index is -1.39. The molecule has 0 aliphatic carbocycles. The average molecular weight is 434 g/mol. The number of benzene rings is 2. The molecule has 3 N–H and O–H groups in total. The molecular formula is C22H21F3N2O4. The number of aromatic nitrogens is 1. The smallest absolute Gasteiger partial charge is 0.341 e. The van der Waals surface area contributed by atoms with E-state index in [1.807, 2.05) is 0 Å². The molecule has 0 radical (unpaired) electrons. The molecular weight excluding hydrogens is 413 g/mol. The highest BCUT2D eigenvalue weighted by molar-refractivity contribution is 5.93. The van der Waals surface area contributed by atoms with Gasteiger partial charge in [-0.2, -0.15) is 0 Å². The summed E-state index contributed by atoms with van der Waals surface area (Å²) in [6.45, 7) is 3.14. The summed E-state index contributed by atoms with van der Waals surface area (Å²) in [6.07, 6.45) is 1.25.